The lowest BCUT2D eigenvalue weighted by atomic mass is 9.87. The molecule has 0 aliphatic rings. The van der Waals surface area contributed by atoms with Crippen LogP contribution < -0.4 is 10.2 Å². The Morgan fingerprint density at radius 3 is 2.09 bits per heavy atom. The van der Waals surface area contributed by atoms with Crippen molar-refractivity contribution in [3.63, 3.8) is 0 Å². The number of hydrazone groups is 1. The summed E-state index contributed by atoms with van der Waals surface area (Å²) >= 11 is 0. The highest BCUT2D eigenvalue weighted by atomic mass is 16.5. The molecule has 1 N–H and O–H groups in total. The summed E-state index contributed by atoms with van der Waals surface area (Å²) in [6, 6.07) is 24.5. The zero-order valence-electron chi connectivity index (χ0n) is 18.8. The van der Waals surface area contributed by atoms with Crippen LogP contribution in [-0.4, -0.2) is 11.6 Å². The molecule has 0 radical (unpaired) electrons. The Morgan fingerprint density at radius 2 is 1.53 bits per heavy atom. The van der Waals surface area contributed by atoms with Crippen molar-refractivity contribution in [3.8, 4) is 11.8 Å². The molecule has 3 aromatic rings. The Labute approximate surface area is 189 Å². The number of amides is 1. The van der Waals surface area contributed by atoms with Crippen LogP contribution in [0.5, 0.6) is 5.75 Å². The van der Waals surface area contributed by atoms with Crippen molar-refractivity contribution >= 4 is 11.6 Å². The number of nitrogens with one attached hydrogen (secondary N) is 1. The van der Waals surface area contributed by atoms with Crippen LogP contribution in [0.25, 0.3) is 0 Å². The largest absolute Gasteiger partial charge is 0.489 e. The lowest BCUT2D eigenvalue weighted by Crippen LogP contribution is -2.19. The highest BCUT2D eigenvalue weighted by Gasteiger charge is 2.13. The van der Waals surface area contributed by atoms with Gasteiger partial charge in [0.1, 0.15) is 12.4 Å². The van der Waals surface area contributed by atoms with E-state index in [0.29, 0.717) is 23.4 Å². The lowest BCUT2D eigenvalue weighted by molar-refractivity contribution is 0.0954. The minimum atomic E-state index is -0.289. The molecule has 162 valence electrons. The SMILES string of the molecule is C/C(=N\NC(=O)c1ccc(COc2ccc(C(C)(C)C)cc2)cc1)c1ccc(C#N)cc1. The van der Waals surface area contributed by atoms with E-state index in [1.807, 2.05) is 24.3 Å². The molecular formula is C27H27N3O2. The second-order valence-corrected chi connectivity index (χ2v) is 8.59. The van der Waals surface area contributed by atoms with E-state index in [9.17, 15) is 4.79 Å². The Hall–Kier alpha value is -3.91. The fourth-order valence-electron chi connectivity index (χ4n) is 3.02. The number of nitriles is 1. The summed E-state index contributed by atoms with van der Waals surface area (Å²) < 4.78 is 5.86. The van der Waals surface area contributed by atoms with E-state index in [4.69, 9.17) is 10.00 Å². The van der Waals surface area contributed by atoms with Gasteiger partial charge in [0.25, 0.3) is 5.91 Å². The number of ether oxygens (including phenoxy) is 1. The van der Waals surface area contributed by atoms with Gasteiger partial charge in [0.05, 0.1) is 17.3 Å². The summed E-state index contributed by atoms with van der Waals surface area (Å²) in [5, 5.41) is 13.0. The van der Waals surface area contributed by atoms with Crippen molar-refractivity contribution in [2.24, 2.45) is 5.10 Å². The van der Waals surface area contributed by atoms with Crippen molar-refractivity contribution < 1.29 is 9.53 Å². The van der Waals surface area contributed by atoms with Crippen LogP contribution in [0.2, 0.25) is 0 Å². The molecule has 3 aromatic carbocycles. The highest BCUT2D eigenvalue weighted by molar-refractivity contribution is 6.00. The first-order valence-corrected chi connectivity index (χ1v) is 10.4. The summed E-state index contributed by atoms with van der Waals surface area (Å²) in [6.07, 6.45) is 0. The third-order valence-corrected chi connectivity index (χ3v) is 5.10. The fraction of sp³-hybridized carbons (Fsp3) is 0.222. The van der Waals surface area contributed by atoms with Crippen molar-refractivity contribution in [1.29, 1.82) is 5.26 Å². The predicted molar refractivity (Wildman–Crippen MR) is 127 cm³/mol. The monoisotopic (exact) mass is 425 g/mol. The first kappa shape index (κ1) is 22.8. The van der Waals surface area contributed by atoms with Gasteiger partial charge in [-0.1, -0.05) is 57.2 Å². The first-order valence-electron chi connectivity index (χ1n) is 10.4. The number of benzene rings is 3. The first-order chi connectivity index (χ1) is 15.3. The molecule has 3 rings (SSSR count). The van der Waals surface area contributed by atoms with Crippen LogP contribution in [0.3, 0.4) is 0 Å². The Kier molecular flexibility index (Phi) is 7.07. The maximum atomic E-state index is 12.4. The molecule has 0 aliphatic carbocycles. The molecule has 0 spiro atoms. The molecule has 0 bridgehead atoms. The molecule has 0 heterocycles. The Morgan fingerprint density at radius 1 is 0.938 bits per heavy atom. The maximum absolute atomic E-state index is 12.4. The predicted octanol–water partition coefficient (Wildman–Crippen LogP) is 5.59. The second kappa shape index (κ2) is 9.93. The third kappa shape index (κ3) is 6.05. The van der Waals surface area contributed by atoms with Gasteiger partial charge in [-0.2, -0.15) is 10.4 Å². The summed E-state index contributed by atoms with van der Waals surface area (Å²) in [6.45, 7) is 8.77. The van der Waals surface area contributed by atoms with E-state index in [1.54, 1.807) is 43.3 Å². The lowest BCUT2D eigenvalue weighted by Gasteiger charge is -2.19. The smallest absolute Gasteiger partial charge is 0.271 e. The summed E-state index contributed by atoms with van der Waals surface area (Å²) in [5.41, 5.74) is 7.51. The molecule has 0 atom stereocenters. The van der Waals surface area contributed by atoms with Gasteiger partial charge in [0, 0.05) is 5.56 Å². The molecule has 5 nitrogen and oxygen atoms in total. The van der Waals surface area contributed by atoms with E-state index >= 15 is 0 Å². The average Bonchev–Trinajstić information content (AvgIpc) is 2.81. The molecule has 0 aliphatic heterocycles. The van der Waals surface area contributed by atoms with E-state index in [-0.39, 0.29) is 11.3 Å². The molecule has 1 amide bonds. The summed E-state index contributed by atoms with van der Waals surface area (Å²) in [7, 11) is 0. The molecule has 0 unspecified atom stereocenters. The molecule has 0 fully saturated rings. The minimum Gasteiger partial charge on any atom is -0.489 e. The molecule has 0 aromatic heterocycles. The normalized spacial score (nSPS) is 11.5. The van der Waals surface area contributed by atoms with Crippen molar-refractivity contribution in [2.75, 3.05) is 0 Å². The number of carbonyl (C=O) groups is 1. The van der Waals surface area contributed by atoms with Crippen LogP contribution in [0.4, 0.5) is 0 Å². The fourth-order valence-corrected chi connectivity index (χ4v) is 3.02. The second-order valence-electron chi connectivity index (χ2n) is 8.59. The molecule has 5 heteroatoms. The van der Waals surface area contributed by atoms with Gasteiger partial charge < -0.3 is 4.74 Å². The number of nitrogens with zero attached hydrogens (tertiary/aromatic N) is 2. The van der Waals surface area contributed by atoms with Crippen molar-refractivity contribution in [2.45, 2.75) is 39.7 Å². The number of hydrogen-bond donors (Lipinski definition) is 1. The number of carbonyl (C=O) groups excluding carboxylic acids is 1. The van der Waals surface area contributed by atoms with Gasteiger partial charge in [-0.05, 0) is 65.4 Å². The molecule has 0 saturated heterocycles. The van der Waals surface area contributed by atoms with Crippen LogP contribution in [0.1, 0.15) is 60.3 Å². The van der Waals surface area contributed by atoms with Crippen LogP contribution >= 0.6 is 0 Å². The quantitative estimate of drug-likeness (QED) is 0.413. The third-order valence-electron chi connectivity index (χ3n) is 5.10. The van der Waals surface area contributed by atoms with Crippen LogP contribution in [0.15, 0.2) is 77.9 Å². The maximum Gasteiger partial charge on any atom is 0.271 e. The van der Waals surface area contributed by atoms with Crippen molar-refractivity contribution in [3.05, 3.63) is 101 Å². The van der Waals surface area contributed by atoms with Gasteiger partial charge >= 0.3 is 0 Å². The van der Waals surface area contributed by atoms with Gasteiger partial charge in [0.15, 0.2) is 0 Å². The van der Waals surface area contributed by atoms with E-state index in [1.165, 1.54) is 5.56 Å². The Bertz CT molecular complexity index is 1130. The highest BCUT2D eigenvalue weighted by Crippen LogP contribution is 2.24. The standard InChI is InChI=1S/C27H27N3O2/c1-19(22-9-5-20(17-28)6-10-22)29-30-26(31)23-11-7-21(8-12-23)18-32-25-15-13-24(14-16-25)27(2,3)4/h5-16H,18H2,1-4H3,(H,30,31)/b29-19+. The average molecular weight is 426 g/mol. The van der Waals surface area contributed by atoms with Crippen LogP contribution in [-0.2, 0) is 12.0 Å². The zero-order chi connectivity index (χ0) is 23.1. The number of rotatable bonds is 6. The summed E-state index contributed by atoms with van der Waals surface area (Å²) in [4.78, 5) is 12.4. The van der Waals surface area contributed by atoms with Gasteiger partial charge in [-0.25, -0.2) is 5.43 Å². The van der Waals surface area contributed by atoms with E-state index in [2.05, 4.69) is 49.5 Å². The van der Waals surface area contributed by atoms with E-state index in [0.717, 1.165) is 16.9 Å². The minimum absolute atomic E-state index is 0.111. The molecule has 0 saturated carbocycles. The topological polar surface area (TPSA) is 74.5 Å². The van der Waals surface area contributed by atoms with Gasteiger partial charge in [-0.3, -0.25) is 4.79 Å². The van der Waals surface area contributed by atoms with Gasteiger partial charge in [-0.15, -0.1) is 0 Å². The molecular weight excluding hydrogens is 398 g/mol. The Balaban J connectivity index is 1.55. The number of hydrogen-bond acceptors (Lipinski definition) is 4. The van der Waals surface area contributed by atoms with Gasteiger partial charge in [0.2, 0.25) is 0 Å². The zero-order valence-corrected chi connectivity index (χ0v) is 18.8. The van der Waals surface area contributed by atoms with Crippen molar-refractivity contribution in [1.82, 2.24) is 5.43 Å². The van der Waals surface area contributed by atoms with Crippen LogP contribution in [0, 0.1) is 11.3 Å². The molecule has 32 heavy (non-hydrogen) atoms. The van der Waals surface area contributed by atoms with E-state index < -0.39 is 0 Å². The summed E-state index contributed by atoms with van der Waals surface area (Å²) in [5.74, 6) is 0.524.